The van der Waals surface area contributed by atoms with Gasteiger partial charge in [-0.2, -0.15) is 0 Å². The van der Waals surface area contributed by atoms with Crippen molar-refractivity contribution in [3.05, 3.63) is 160 Å². The van der Waals surface area contributed by atoms with Gasteiger partial charge in [0.25, 0.3) is 11.8 Å². The molecule has 7 heterocycles. The lowest BCUT2D eigenvalue weighted by Gasteiger charge is -2.37. The average molecular weight is 970 g/mol. The maximum absolute atomic E-state index is 13.5. The monoisotopic (exact) mass is 969 g/mol. The molecule has 16 nitrogen and oxygen atoms in total. The van der Waals surface area contributed by atoms with E-state index in [1.165, 1.54) is 21.1 Å². The topological polar surface area (TPSA) is 203 Å². The lowest BCUT2D eigenvalue weighted by Crippen LogP contribution is -2.38. The maximum atomic E-state index is 13.5. The number of carbonyl (C=O) groups excluding carboxylic acids is 3. The Balaban J connectivity index is 0.000000192. The van der Waals surface area contributed by atoms with Gasteiger partial charge in [0.05, 0.1) is 33.6 Å². The lowest BCUT2D eigenvalue weighted by atomic mass is 9.70. The Morgan fingerprint density at radius 2 is 0.986 bits per heavy atom. The Labute approximate surface area is 414 Å². The number of hydrogen-bond acceptors (Lipinski definition) is 13. The van der Waals surface area contributed by atoms with Crippen molar-refractivity contribution in [1.82, 2.24) is 39.9 Å². The lowest BCUT2D eigenvalue weighted by molar-refractivity contribution is -0.147. The van der Waals surface area contributed by atoms with E-state index in [0.29, 0.717) is 73.7 Å². The summed E-state index contributed by atoms with van der Waals surface area (Å²) in [6.07, 6.45) is 3.25. The summed E-state index contributed by atoms with van der Waals surface area (Å²) in [6, 6.07) is 29.4. The number of benzene rings is 2. The Morgan fingerprint density at radius 1 is 0.592 bits per heavy atom. The van der Waals surface area contributed by atoms with Gasteiger partial charge in [0, 0.05) is 84.5 Å². The molecule has 7 aromatic rings. The van der Waals surface area contributed by atoms with E-state index >= 15 is 0 Å². The Kier molecular flexibility index (Phi) is 13.5. The minimum atomic E-state index is -1.12. The summed E-state index contributed by atoms with van der Waals surface area (Å²) in [5.74, 6) is -0.785. The van der Waals surface area contributed by atoms with Crippen LogP contribution < -0.4 is 14.8 Å². The summed E-state index contributed by atoms with van der Waals surface area (Å²) < 4.78 is 12.3. The van der Waals surface area contributed by atoms with E-state index in [0.717, 1.165) is 22.3 Å². The van der Waals surface area contributed by atoms with Crippen LogP contribution in [0.3, 0.4) is 0 Å². The first-order chi connectivity index (χ1) is 33.8. The first-order valence-electron chi connectivity index (χ1n) is 22.4. The van der Waals surface area contributed by atoms with Crippen LogP contribution in [0.1, 0.15) is 93.9 Å². The van der Waals surface area contributed by atoms with Crippen molar-refractivity contribution in [2.24, 2.45) is 10.8 Å². The highest BCUT2D eigenvalue weighted by atomic mass is 32.1. The zero-order valence-corrected chi connectivity index (χ0v) is 41.2. The number of anilines is 1. The number of aliphatic carboxylic acids is 1. The van der Waals surface area contributed by atoms with Crippen LogP contribution in [-0.2, 0) is 9.59 Å². The van der Waals surface area contributed by atoms with Gasteiger partial charge in [-0.05, 0) is 74.5 Å². The van der Waals surface area contributed by atoms with Gasteiger partial charge in [-0.1, -0.05) is 86.9 Å². The molecule has 0 spiro atoms. The molecule has 2 aliphatic heterocycles. The fourth-order valence-electron chi connectivity index (χ4n) is 8.49. The predicted octanol–water partition coefficient (Wildman–Crippen LogP) is 10.1. The highest BCUT2D eigenvalue weighted by molar-refractivity contribution is 7.13. The first-order valence-corrected chi connectivity index (χ1v) is 23.3. The molecule has 0 radical (unpaired) electrons. The molecule has 2 N–H and O–H groups in total. The van der Waals surface area contributed by atoms with Crippen molar-refractivity contribution >= 4 is 52.3 Å². The van der Waals surface area contributed by atoms with Gasteiger partial charge < -0.3 is 29.7 Å². The number of aromatic nitrogens is 6. The fraction of sp³-hybridized carbons (Fsp3) is 0.222. The molecule has 2 aromatic carbocycles. The molecule has 0 bridgehead atoms. The van der Waals surface area contributed by atoms with Gasteiger partial charge in [0.2, 0.25) is 34.6 Å². The Bertz CT molecular complexity index is 3220. The molecule has 360 valence electrons. The number of pyridine rings is 4. The van der Waals surface area contributed by atoms with Gasteiger partial charge in [0.1, 0.15) is 5.51 Å². The number of amides is 3. The number of rotatable bonds is 11. The third-order valence-electron chi connectivity index (χ3n) is 12.5. The van der Waals surface area contributed by atoms with Crippen LogP contribution in [0.2, 0.25) is 0 Å². The minimum Gasteiger partial charge on any atom is -0.481 e. The van der Waals surface area contributed by atoms with Crippen LogP contribution in [0.4, 0.5) is 5.13 Å². The third-order valence-corrected chi connectivity index (χ3v) is 13.1. The van der Waals surface area contributed by atoms with E-state index in [2.05, 4.69) is 38.6 Å². The van der Waals surface area contributed by atoms with Crippen molar-refractivity contribution in [3.8, 4) is 46.0 Å². The molecule has 2 aliphatic rings. The minimum absolute atomic E-state index is 0.0733. The number of fused-ring (bicyclic) bond motifs is 4. The molecule has 17 heteroatoms. The molecule has 0 saturated heterocycles. The molecule has 0 saturated carbocycles. The van der Waals surface area contributed by atoms with E-state index in [-0.39, 0.29) is 17.7 Å². The van der Waals surface area contributed by atoms with Crippen LogP contribution >= 0.6 is 11.3 Å². The van der Waals surface area contributed by atoms with Gasteiger partial charge in [-0.15, -0.1) is 10.2 Å². The average Bonchev–Trinajstić information content (AvgIpc) is 3.89. The van der Waals surface area contributed by atoms with Gasteiger partial charge in [-0.25, -0.2) is 19.9 Å². The Hall–Kier alpha value is -8.44. The van der Waals surface area contributed by atoms with Crippen LogP contribution in [0.15, 0.2) is 116 Å². The van der Waals surface area contributed by atoms with Crippen molar-refractivity contribution in [3.63, 3.8) is 0 Å². The molecule has 3 amide bonds. The van der Waals surface area contributed by atoms with Crippen molar-refractivity contribution < 1.29 is 33.8 Å². The zero-order chi connectivity index (χ0) is 50.9. The highest BCUT2D eigenvalue weighted by Gasteiger charge is 2.46. The number of carboxylic acids is 1. The zero-order valence-electron chi connectivity index (χ0n) is 40.4. The standard InChI is InChI=1S/C28H26N6O3S.C26H25N3O4/c1-6-18-11-12-19-22(28(2,3)26(36)32-27-33-29-15-38-27)20-13-14-21(31-24(20)37-23(19)30-18)16-7-9-17(10-8-16)25(35)34(4)5;1-6-17-11-12-18-21(26(2,3)25(31)32)19-13-14-20(28-23(19)33-22(18)27-17)15-7-9-16(10-8-15)24(30)29(4)5/h6-15,22H,1H2,2-5H3,(H,32,33,36);6-14,21H,1H2,2-5H3,(H,31,32). The van der Waals surface area contributed by atoms with Crippen molar-refractivity contribution in [1.29, 1.82) is 0 Å². The third kappa shape index (κ3) is 9.63. The molecule has 0 aliphatic carbocycles. The van der Waals surface area contributed by atoms with E-state index < -0.39 is 28.6 Å². The van der Waals surface area contributed by atoms with Gasteiger partial charge >= 0.3 is 5.97 Å². The second-order valence-corrected chi connectivity index (χ2v) is 19.3. The second-order valence-electron chi connectivity index (χ2n) is 18.4. The second kappa shape index (κ2) is 19.5. The van der Waals surface area contributed by atoms with Crippen molar-refractivity contribution in [2.45, 2.75) is 39.5 Å². The molecule has 0 fully saturated rings. The molecular formula is C54H51N9O7S. The number of carboxylic acid groups (broad SMARTS) is 1. The molecule has 9 rings (SSSR count). The summed E-state index contributed by atoms with van der Waals surface area (Å²) in [6.45, 7) is 14.7. The largest absolute Gasteiger partial charge is 0.481 e. The molecule has 2 unspecified atom stereocenters. The summed E-state index contributed by atoms with van der Waals surface area (Å²) in [4.78, 5) is 71.7. The Morgan fingerprint density at radius 3 is 1.35 bits per heavy atom. The van der Waals surface area contributed by atoms with Crippen LogP contribution in [0, 0.1) is 10.8 Å². The van der Waals surface area contributed by atoms with E-state index in [4.69, 9.17) is 19.4 Å². The van der Waals surface area contributed by atoms with E-state index in [9.17, 15) is 24.3 Å². The summed E-state index contributed by atoms with van der Waals surface area (Å²) >= 11 is 1.26. The maximum Gasteiger partial charge on any atom is 0.310 e. The summed E-state index contributed by atoms with van der Waals surface area (Å²) in [5, 5.41) is 21.0. The highest BCUT2D eigenvalue weighted by Crippen LogP contribution is 2.53. The smallest absolute Gasteiger partial charge is 0.310 e. The summed E-state index contributed by atoms with van der Waals surface area (Å²) in [5.41, 5.74) is 7.86. The van der Waals surface area contributed by atoms with Crippen LogP contribution in [0.5, 0.6) is 23.5 Å². The number of carbonyl (C=O) groups is 4. The van der Waals surface area contributed by atoms with Crippen LogP contribution in [0.25, 0.3) is 34.7 Å². The predicted molar refractivity (Wildman–Crippen MR) is 272 cm³/mol. The van der Waals surface area contributed by atoms with Crippen molar-refractivity contribution in [2.75, 3.05) is 33.5 Å². The van der Waals surface area contributed by atoms with Gasteiger partial charge in [0.15, 0.2) is 0 Å². The molecular weight excluding hydrogens is 919 g/mol. The quantitative estimate of drug-likeness (QED) is 0.124. The fourth-order valence-corrected chi connectivity index (χ4v) is 8.93. The number of ether oxygens (including phenoxy) is 2. The van der Waals surface area contributed by atoms with E-state index in [1.807, 2.05) is 80.6 Å². The number of nitrogens with zero attached hydrogens (tertiary/aromatic N) is 8. The van der Waals surface area contributed by atoms with Crippen LogP contribution in [-0.4, -0.2) is 96.9 Å². The number of nitrogens with one attached hydrogen (secondary N) is 1. The molecule has 71 heavy (non-hydrogen) atoms. The summed E-state index contributed by atoms with van der Waals surface area (Å²) in [7, 11) is 6.84. The van der Waals surface area contributed by atoms with E-state index in [1.54, 1.807) is 90.0 Å². The molecule has 2 atom stereocenters. The number of hydrogen-bond donors (Lipinski definition) is 2. The first kappa shape index (κ1) is 49.0. The SMILES string of the molecule is C=Cc1ccc2c(n1)Oc1nc(-c3ccc(C(=O)N(C)C)cc3)ccc1C2C(C)(C)C(=O)Nc1nncs1.C=Cc1ccc2c(n1)Oc1nc(-c3ccc(C(=O)N(C)C)cc3)ccc1C2C(C)(C)C(=O)O. The normalized spacial score (nSPS) is 14.3. The van der Waals surface area contributed by atoms with Gasteiger partial charge in [-0.3, -0.25) is 19.2 Å². The molecule has 5 aromatic heterocycles.